The number of hydrogen-bond donors (Lipinski definition) is 0. The molecule has 0 amide bonds. The zero-order chi connectivity index (χ0) is 17.0. The van der Waals surface area contributed by atoms with Crippen molar-refractivity contribution in [3.05, 3.63) is 0 Å². The first kappa shape index (κ1) is 23.1. The number of carboxylic acids is 2. The predicted octanol–water partition coefficient (Wildman–Crippen LogP) is -0.213. The third-order valence-electron chi connectivity index (χ3n) is 4.47. The van der Waals surface area contributed by atoms with E-state index in [9.17, 15) is 19.8 Å². The summed E-state index contributed by atoms with van der Waals surface area (Å²) in [5.74, 6) is -2.11. The number of aliphatic carboxylic acids is 2. The standard InChI is InChI=1S/2C8H14O3.Ca/c2*1-3-5-6-8(4-2,11-6)7(9)10;/h2*6H,3-5H2,1-2H3,(H,9,10);/q;;+2/p-2. The minimum atomic E-state index is -1.06. The van der Waals surface area contributed by atoms with E-state index in [4.69, 9.17) is 9.47 Å². The molecule has 2 heterocycles. The van der Waals surface area contributed by atoms with Gasteiger partial charge in [-0.05, 0) is 25.7 Å². The molecule has 23 heavy (non-hydrogen) atoms. The third kappa shape index (κ3) is 5.05. The fourth-order valence-electron chi connectivity index (χ4n) is 2.82. The second kappa shape index (κ2) is 9.56. The number of carbonyl (C=O) groups excluding carboxylic acids is 2. The Morgan fingerprint density at radius 3 is 1.26 bits per heavy atom. The molecule has 0 aromatic rings. The molecule has 0 spiro atoms. The molecule has 0 radical (unpaired) electrons. The van der Waals surface area contributed by atoms with Crippen LogP contribution in [0.2, 0.25) is 0 Å². The molecule has 128 valence electrons. The van der Waals surface area contributed by atoms with Gasteiger partial charge in [-0.2, -0.15) is 0 Å². The monoisotopic (exact) mass is 354 g/mol. The molecule has 4 atom stereocenters. The van der Waals surface area contributed by atoms with Crippen LogP contribution in [0.1, 0.15) is 66.2 Å². The van der Waals surface area contributed by atoms with E-state index in [0.29, 0.717) is 12.8 Å². The third-order valence-corrected chi connectivity index (χ3v) is 4.47. The maximum absolute atomic E-state index is 10.6. The summed E-state index contributed by atoms with van der Waals surface area (Å²) in [5, 5.41) is 21.1. The van der Waals surface area contributed by atoms with Gasteiger partial charge in [-0.1, -0.05) is 40.5 Å². The maximum Gasteiger partial charge on any atom is 2.00 e. The van der Waals surface area contributed by atoms with Crippen molar-refractivity contribution in [1.29, 1.82) is 0 Å². The predicted molar refractivity (Wildman–Crippen MR) is 81.4 cm³/mol. The molecule has 2 aliphatic heterocycles. The van der Waals surface area contributed by atoms with Crippen LogP contribution in [0.25, 0.3) is 0 Å². The normalized spacial score (nSPS) is 33.7. The largest absolute Gasteiger partial charge is 2.00 e. The maximum atomic E-state index is 10.6. The SMILES string of the molecule is CCCC1OC1(CC)C(=O)[O-].CCCC1OC1(CC)C(=O)[O-].[Ca+2]. The molecule has 0 saturated carbocycles. The quantitative estimate of drug-likeness (QED) is 0.441. The summed E-state index contributed by atoms with van der Waals surface area (Å²) in [4.78, 5) is 21.1. The van der Waals surface area contributed by atoms with Gasteiger partial charge >= 0.3 is 37.7 Å². The first-order valence-electron chi connectivity index (χ1n) is 8.13. The van der Waals surface area contributed by atoms with Crippen molar-refractivity contribution < 1.29 is 29.3 Å². The molecule has 2 rings (SSSR count). The number of ether oxygens (including phenoxy) is 2. The Kier molecular flexibility index (Phi) is 9.61. The molecule has 0 bridgehead atoms. The van der Waals surface area contributed by atoms with Gasteiger partial charge in [0.1, 0.15) is 11.2 Å². The van der Waals surface area contributed by atoms with Crippen LogP contribution in [-0.4, -0.2) is 73.1 Å². The topological polar surface area (TPSA) is 105 Å². The van der Waals surface area contributed by atoms with E-state index in [2.05, 4.69) is 0 Å². The fraction of sp³-hybridized carbons (Fsp3) is 0.875. The summed E-state index contributed by atoms with van der Waals surface area (Å²) in [7, 11) is 0. The second-order valence-corrected chi connectivity index (χ2v) is 5.85. The fourth-order valence-corrected chi connectivity index (χ4v) is 2.82. The van der Waals surface area contributed by atoms with Gasteiger partial charge in [-0.3, -0.25) is 0 Å². The zero-order valence-electron chi connectivity index (χ0n) is 14.6. The van der Waals surface area contributed by atoms with Crippen molar-refractivity contribution in [3.63, 3.8) is 0 Å². The molecule has 2 saturated heterocycles. The van der Waals surface area contributed by atoms with Crippen LogP contribution in [-0.2, 0) is 19.1 Å². The van der Waals surface area contributed by atoms with Crippen molar-refractivity contribution in [2.75, 3.05) is 0 Å². The van der Waals surface area contributed by atoms with E-state index in [1.54, 1.807) is 0 Å². The molecule has 0 N–H and O–H groups in total. The summed E-state index contributed by atoms with van der Waals surface area (Å²) in [5.41, 5.74) is -1.87. The molecule has 4 unspecified atom stereocenters. The number of carbonyl (C=O) groups is 2. The van der Waals surface area contributed by atoms with E-state index in [0.717, 1.165) is 25.7 Å². The molecular formula is C16H26CaO6. The van der Waals surface area contributed by atoms with Crippen LogP contribution < -0.4 is 10.2 Å². The summed E-state index contributed by atoms with van der Waals surface area (Å²) in [6, 6.07) is 0. The molecule has 7 heteroatoms. The van der Waals surface area contributed by atoms with Gasteiger partial charge in [-0.15, -0.1) is 0 Å². The van der Waals surface area contributed by atoms with Gasteiger partial charge in [0.25, 0.3) is 0 Å². The summed E-state index contributed by atoms with van der Waals surface area (Å²) in [6.07, 6.45) is 4.40. The van der Waals surface area contributed by atoms with Crippen LogP contribution in [0, 0.1) is 0 Å². The average molecular weight is 354 g/mol. The first-order chi connectivity index (χ1) is 10.3. The van der Waals surface area contributed by atoms with E-state index in [-0.39, 0.29) is 49.9 Å². The smallest absolute Gasteiger partial charge is 0.547 e. The van der Waals surface area contributed by atoms with Crippen LogP contribution >= 0.6 is 0 Å². The minimum absolute atomic E-state index is 0. The Balaban J connectivity index is 0.000000403. The van der Waals surface area contributed by atoms with Gasteiger partial charge in [0.05, 0.1) is 24.1 Å². The molecule has 6 nitrogen and oxygen atoms in total. The average Bonchev–Trinajstić information content (AvgIpc) is 3.35. The Bertz CT molecular complexity index is 377. The van der Waals surface area contributed by atoms with Crippen LogP contribution in [0.5, 0.6) is 0 Å². The van der Waals surface area contributed by atoms with Crippen molar-refractivity contribution in [3.8, 4) is 0 Å². The van der Waals surface area contributed by atoms with Crippen molar-refractivity contribution in [1.82, 2.24) is 0 Å². The van der Waals surface area contributed by atoms with E-state index < -0.39 is 23.1 Å². The molecule has 2 fully saturated rings. The summed E-state index contributed by atoms with van der Waals surface area (Å²) in [6.45, 7) is 7.64. The number of hydrogen-bond acceptors (Lipinski definition) is 6. The van der Waals surface area contributed by atoms with Crippen LogP contribution in [0.15, 0.2) is 0 Å². The van der Waals surface area contributed by atoms with Crippen LogP contribution in [0.4, 0.5) is 0 Å². The minimum Gasteiger partial charge on any atom is -0.547 e. The summed E-state index contributed by atoms with van der Waals surface area (Å²) >= 11 is 0. The molecule has 0 aromatic carbocycles. The summed E-state index contributed by atoms with van der Waals surface area (Å²) < 4.78 is 10.2. The van der Waals surface area contributed by atoms with Gasteiger partial charge < -0.3 is 29.3 Å². The number of rotatable bonds is 8. The zero-order valence-corrected chi connectivity index (χ0v) is 16.8. The Morgan fingerprint density at radius 2 is 1.13 bits per heavy atom. The molecule has 0 aliphatic carbocycles. The molecule has 2 aliphatic rings. The number of carboxylic acid groups (broad SMARTS) is 2. The second-order valence-electron chi connectivity index (χ2n) is 5.85. The van der Waals surface area contributed by atoms with Gasteiger partial charge in [-0.25, -0.2) is 0 Å². The Hall–Kier alpha value is 0.120. The van der Waals surface area contributed by atoms with Gasteiger partial charge in [0.15, 0.2) is 0 Å². The van der Waals surface area contributed by atoms with Gasteiger partial charge in [0, 0.05) is 0 Å². The van der Waals surface area contributed by atoms with E-state index in [1.165, 1.54) is 0 Å². The van der Waals surface area contributed by atoms with E-state index in [1.807, 2.05) is 27.7 Å². The number of epoxide rings is 2. The molecular weight excluding hydrogens is 328 g/mol. The Labute approximate surface area is 167 Å². The van der Waals surface area contributed by atoms with E-state index >= 15 is 0 Å². The van der Waals surface area contributed by atoms with Crippen LogP contribution in [0.3, 0.4) is 0 Å². The van der Waals surface area contributed by atoms with Crippen molar-refractivity contribution >= 4 is 49.7 Å². The van der Waals surface area contributed by atoms with Gasteiger partial charge in [0.2, 0.25) is 0 Å². The molecule has 0 aromatic heterocycles. The van der Waals surface area contributed by atoms with Crippen molar-refractivity contribution in [2.24, 2.45) is 0 Å². The van der Waals surface area contributed by atoms with Crippen molar-refractivity contribution in [2.45, 2.75) is 89.6 Å². The Morgan fingerprint density at radius 1 is 0.826 bits per heavy atom. The first-order valence-corrected chi connectivity index (χ1v) is 8.13.